The van der Waals surface area contributed by atoms with Crippen molar-refractivity contribution in [2.45, 2.75) is 13.0 Å². The van der Waals surface area contributed by atoms with E-state index in [9.17, 15) is 24.8 Å². The van der Waals surface area contributed by atoms with E-state index >= 15 is 0 Å². The molecule has 0 saturated heterocycles. The molecule has 8 heteroatoms. The third-order valence-electron chi connectivity index (χ3n) is 1.70. The topological polar surface area (TPSA) is 126 Å². The number of carbonyl (C=O) groups is 2. The number of furan rings is 1. The predicted molar refractivity (Wildman–Crippen MR) is 47.3 cm³/mol. The molecule has 0 aliphatic heterocycles. The molecular weight excluding hydrogens is 220 g/mol. The zero-order valence-corrected chi connectivity index (χ0v) is 8.13. The summed E-state index contributed by atoms with van der Waals surface area (Å²) in [6.45, 7) is 1.20. The van der Waals surface area contributed by atoms with Gasteiger partial charge in [0.05, 0.1) is 18.1 Å². The molecule has 0 fully saturated rings. The fraction of sp³-hybridized carbons (Fsp3) is 0.250. The Hall–Kier alpha value is -2.38. The summed E-state index contributed by atoms with van der Waals surface area (Å²) in [5.41, 5.74) is 0. The van der Waals surface area contributed by atoms with E-state index < -0.39 is 28.7 Å². The molecule has 0 bridgehead atoms. The first-order valence-electron chi connectivity index (χ1n) is 4.17. The average Bonchev–Trinajstić information content (AvgIpc) is 2.65. The maximum atomic E-state index is 11.3. The van der Waals surface area contributed by atoms with Crippen LogP contribution in [0.1, 0.15) is 17.5 Å². The van der Waals surface area contributed by atoms with E-state index in [4.69, 9.17) is 0 Å². The van der Waals surface area contributed by atoms with E-state index in [1.54, 1.807) is 0 Å². The molecule has 86 valence electrons. The van der Waals surface area contributed by atoms with Crippen molar-refractivity contribution in [3.63, 3.8) is 0 Å². The van der Waals surface area contributed by atoms with Crippen LogP contribution in [-0.4, -0.2) is 22.8 Å². The molecule has 16 heavy (non-hydrogen) atoms. The Labute approximate surface area is 89.0 Å². The van der Waals surface area contributed by atoms with Gasteiger partial charge in [0, 0.05) is 0 Å². The van der Waals surface area contributed by atoms with Gasteiger partial charge in [-0.15, -0.1) is 0 Å². The molecule has 0 aliphatic carbocycles. The summed E-state index contributed by atoms with van der Waals surface area (Å²) in [5.74, 6) is -3.25. The highest BCUT2D eigenvalue weighted by Gasteiger charge is 2.18. The normalized spacial score (nSPS) is 11.8. The Kier molecular flexibility index (Phi) is 3.24. The molecule has 1 amide bonds. The number of nitro groups is 1. The van der Waals surface area contributed by atoms with E-state index in [1.165, 1.54) is 6.92 Å². The van der Waals surface area contributed by atoms with E-state index in [0.717, 1.165) is 12.1 Å². The minimum atomic E-state index is -1.46. The molecule has 0 radical (unpaired) electrons. The first kappa shape index (κ1) is 11.7. The summed E-state index contributed by atoms with van der Waals surface area (Å²) in [4.78, 5) is 31.0. The number of rotatable bonds is 4. The van der Waals surface area contributed by atoms with E-state index in [-0.39, 0.29) is 5.76 Å². The summed E-state index contributed by atoms with van der Waals surface area (Å²) in [5, 5.41) is 22.6. The number of carbonyl (C=O) groups excluding carboxylic acids is 2. The van der Waals surface area contributed by atoms with Crippen molar-refractivity contribution in [2.24, 2.45) is 0 Å². The fourth-order valence-electron chi connectivity index (χ4n) is 0.875. The summed E-state index contributed by atoms with van der Waals surface area (Å²) < 4.78 is 4.56. The van der Waals surface area contributed by atoms with Gasteiger partial charge >= 0.3 is 5.88 Å². The van der Waals surface area contributed by atoms with Crippen LogP contribution in [0.3, 0.4) is 0 Å². The standard InChI is InChI=1S/C8H8N2O6/c1-4(8(12)13)9-7(11)5-2-3-6(16-5)10(14)15/h2-4H,1H3,(H,9,11)(H,12,13)/p-1/t4-/m0/s1. The first-order chi connectivity index (χ1) is 7.41. The summed E-state index contributed by atoms with van der Waals surface area (Å²) in [6, 6.07) is 0.866. The van der Waals surface area contributed by atoms with Gasteiger partial charge in [-0.3, -0.25) is 14.9 Å². The number of hydrogen-bond donors (Lipinski definition) is 1. The molecule has 0 aliphatic rings. The first-order valence-corrected chi connectivity index (χ1v) is 4.17. The second-order valence-corrected chi connectivity index (χ2v) is 2.91. The van der Waals surface area contributed by atoms with Crippen LogP contribution < -0.4 is 10.4 Å². The van der Waals surface area contributed by atoms with E-state index in [0.29, 0.717) is 0 Å². The van der Waals surface area contributed by atoms with Crippen molar-refractivity contribution >= 4 is 17.8 Å². The van der Waals surface area contributed by atoms with Gasteiger partial charge in [0.2, 0.25) is 0 Å². The second-order valence-electron chi connectivity index (χ2n) is 2.91. The predicted octanol–water partition coefficient (Wildman–Crippen LogP) is -0.944. The lowest BCUT2D eigenvalue weighted by atomic mass is 10.3. The van der Waals surface area contributed by atoms with Crippen LogP contribution in [0, 0.1) is 10.1 Å². The number of amides is 1. The summed E-state index contributed by atoms with van der Waals surface area (Å²) >= 11 is 0. The van der Waals surface area contributed by atoms with Crippen LogP contribution in [0.4, 0.5) is 5.88 Å². The number of nitrogens with one attached hydrogen (secondary N) is 1. The SMILES string of the molecule is C[C@H](NC(=O)c1ccc([N+](=O)[O-])o1)C(=O)[O-]. The van der Waals surface area contributed by atoms with Crippen LogP contribution in [0.15, 0.2) is 16.5 Å². The smallest absolute Gasteiger partial charge is 0.433 e. The molecule has 1 aromatic rings. The van der Waals surface area contributed by atoms with Gasteiger partial charge in [-0.05, 0) is 13.0 Å². The average molecular weight is 227 g/mol. The van der Waals surface area contributed by atoms with Crippen LogP contribution in [-0.2, 0) is 4.79 Å². The molecule has 8 nitrogen and oxygen atoms in total. The van der Waals surface area contributed by atoms with Crippen molar-refractivity contribution in [3.8, 4) is 0 Å². The summed E-state index contributed by atoms with van der Waals surface area (Å²) in [7, 11) is 0. The molecule has 1 aromatic heterocycles. The highest BCUT2D eigenvalue weighted by atomic mass is 16.6. The second kappa shape index (κ2) is 4.43. The lowest BCUT2D eigenvalue weighted by Gasteiger charge is -2.12. The third kappa shape index (κ3) is 2.56. The molecule has 1 N–H and O–H groups in total. The van der Waals surface area contributed by atoms with Gasteiger partial charge in [0.1, 0.15) is 4.92 Å². The number of hydrogen-bond acceptors (Lipinski definition) is 6. The summed E-state index contributed by atoms with van der Waals surface area (Å²) in [6.07, 6.45) is 0. The molecule has 1 heterocycles. The van der Waals surface area contributed by atoms with E-state index in [2.05, 4.69) is 4.42 Å². The third-order valence-corrected chi connectivity index (χ3v) is 1.70. The molecule has 0 unspecified atom stereocenters. The lowest BCUT2D eigenvalue weighted by Crippen LogP contribution is -2.45. The van der Waals surface area contributed by atoms with Crippen LogP contribution >= 0.6 is 0 Å². The van der Waals surface area contributed by atoms with Gasteiger partial charge in [-0.2, -0.15) is 0 Å². The lowest BCUT2D eigenvalue weighted by molar-refractivity contribution is -0.402. The van der Waals surface area contributed by atoms with Crippen molar-refractivity contribution in [3.05, 3.63) is 28.0 Å². The zero-order valence-electron chi connectivity index (χ0n) is 8.13. The Morgan fingerprint density at radius 1 is 1.50 bits per heavy atom. The molecule has 1 atom stereocenters. The Morgan fingerprint density at radius 2 is 2.12 bits per heavy atom. The zero-order chi connectivity index (χ0) is 12.3. The number of carboxylic acid groups (broad SMARTS) is 1. The van der Waals surface area contributed by atoms with Crippen molar-refractivity contribution < 1.29 is 24.0 Å². The molecule has 0 spiro atoms. The Balaban J connectivity index is 2.73. The molecule has 0 aromatic carbocycles. The highest BCUT2D eigenvalue weighted by Crippen LogP contribution is 2.15. The molecular formula is C8H7N2O6-. The Bertz CT molecular complexity index is 437. The van der Waals surface area contributed by atoms with Crippen molar-refractivity contribution in [1.82, 2.24) is 5.32 Å². The van der Waals surface area contributed by atoms with Gasteiger partial charge in [-0.1, -0.05) is 0 Å². The molecule has 0 saturated carbocycles. The number of carboxylic acids is 1. The van der Waals surface area contributed by atoms with Gasteiger partial charge in [0.15, 0.2) is 5.76 Å². The maximum Gasteiger partial charge on any atom is 0.433 e. The quantitative estimate of drug-likeness (QED) is 0.522. The number of nitrogens with zero attached hydrogens (tertiary/aromatic N) is 1. The van der Waals surface area contributed by atoms with Gasteiger partial charge < -0.3 is 19.6 Å². The molecule has 1 rings (SSSR count). The van der Waals surface area contributed by atoms with E-state index in [1.807, 2.05) is 5.32 Å². The monoisotopic (exact) mass is 227 g/mol. The maximum absolute atomic E-state index is 11.3. The van der Waals surface area contributed by atoms with Gasteiger partial charge in [0.25, 0.3) is 5.91 Å². The largest absolute Gasteiger partial charge is 0.548 e. The van der Waals surface area contributed by atoms with Crippen molar-refractivity contribution in [1.29, 1.82) is 0 Å². The van der Waals surface area contributed by atoms with Gasteiger partial charge in [-0.25, -0.2) is 0 Å². The number of aliphatic carboxylic acids is 1. The highest BCUT2D eigenvalue weighted by molar-refractivity contribution is 5.94. The van der Waals surface area contributed by atoms with Crippen molar-refractivity contribution in [2.75, 3.05) is 0 Å². The minimum Gasteiger partial charge on any atom is -0.548 e. The fourth-order valence-corrected chi connectivity index (χ4v) is 0.875. The van der Waals surface area contributed by atoms with Crippen LogP contribution in [0.5, 0.6) is 0 Å². The van der Waals surface area contributed by atoms with Crippen LogP contribution in [0.2, 0.25) is 0 Å². The minimum absolute atomic E-state index is 0.334. The van der Waals surface area contributed by atoms with Crippen LogP contribution in [0.25, 0.3) is 0 Å². The Morgan fingerprint density at radius 3 is 2.56 bits per heavy atom.